The van der Waals surface area contributed by atoms with E-state index < -0.39 is 4.92 Å². The zero-order valence-corrected chi connectivity index (χ0v) is 15.8. The Labute approximate surface area is 162 Å². The Hall–Kier alpha value is -3.42. The van der Waals surface area contributed by atoms with Crippen molar-refractivity contribution in [2.24, 2.45) is 0 Å². The number of nitro benzene ring substituents is 1. The molecule has 1 aliphatic heterocycles. The Kier molecular flexibility index (Phi) is 5.58. The molecule has 0 aromatic heterocycles. The monoisotopic (exact) mass is 383 g/mol. The number of carbonyl (C=O) groups excluding carboxylic acids is 2. The molecule has 2 aromatic rings. The number of rotatable bonds is 5. The second kappa shape index (κ2) is 8.08. The summed E-state index contributed by atoms with van der Waals surface area (Å²) in [5.41, 5.74) is 1.22. The van der Waals surface area contributed by atoms with Gasteiger partial charge in [0.25, 0.3) is 11.6 Å². The van der Waals surface area contributed by atoms with Crippen molar-refractivity contribution in [1.82, 2.24) is 4.90 Å². The molecule has 0 aliphatic carbocycles. The number of anilines is 1. The van der Waals surface area contributed by atoms with Crippen LogP contribution in [0, 0.1) is 10.1 Å². The Morgan fingerprint density at radius 3 is 2.36 bits per heavy atom. The van der Waals surface area contributed by atoms with E-state index in [2.05, 4.69) is 0 Å². The molecule has 1 saturated heterocycles. The lowest BCUT2D eigenvalue weighted by atomic mass is 10.1. The smallest absolute Gasteiger partial charge is 0.293 e. The average molecular weight is 383 g/mol. The number of ether oxygens (including phenoxy) is 1. The molecule has 0 radical (unpaired) electrons. The molecule has 0 saturated carbocycles. The van der Waals surface area contributed by atoms with E-state index in [0.717, 1.165) is 0 Å². The third-order valence-corrected chi connectivity index (χ3v) is 4.80. The summed E-state index contributed by atoms with van der Waals surface area (Å²) in [7, 11) is 1.55. The van der Waals surface area contributed by atoms with Crippen LogP contribution in [0.1, 0.15) is 27.6 Å². The van der Waals surface area contributed by atoms with Crippen LogP contribution in [0.15, 0.2) is 42.5 Å². The Morgan fingerprint density at radius 2 is 1.75 bits per heavy atom. The van der Waals surface area contributed by atoms with Gasteiger partial charge < -0.3 is 14.5 Å². The fourth-order valence-corrected chi connectivity index (χ4v) is 3.25. The number of Topliss-reactive ketones (excluding diaryl/α,β-unsaturated/α-hetero) is 1. The number of piperazine rings is 1. The standard InChI is InChI=1S/C20H21N3O5/c1-14(24)15-6-7-18(19(13-15)23(26)27)21-8-10-22(11-9-21)20(25)16-4-3-5-17(12-16)28-2/h3-7,12-13H,8-11H2,1-2H3. The third kappa shape index (κ3) is 3.95. The summed E-state index contributed by atoms with van der Waals surface area (Å²) in [6.45, 7) is 3.21. The number of benzene rings is 2. The van der Waals surface area contributed by atoms with E-state index in [1.54, 1.807) is 48.4 Å². The van der Waals surface area contributed by atoms with Crippen molar-refractivity contribution in [3.8, 4) is 5.75 Å². The molecule has 1 amide bonds. The van der Waals surface area contributed by atoms with Crippen LogP contribution >= 0.6 is 0 Å². The molecule has 0 N–H and O–H groups in total. The first-order valence-corrected chi connectivity index (χ1v) is 8.88. The highest BCUT2D eigenvalue weighted by Crippen LogP contribution is 2.30. The van der Waals surface area contributed by atoms with Crippen molar-refractivity contribution in [1.29, 1.82) is 0 Å². The maximum absolute atomic E-state index is 12.7. The largest absolute Gasteiger partial charge is 0.497 e. The number of carbonyl (C=O) groups is 2. The van der Waals surface area contributed by atoms with Gasteiger partial charge in [-0.3, -0.25) is 19.7 Å². The Bertz CT molecular complexity index is 920. The van der Waals surface area contributed by atoms with E-state index in [9.17, 15) is 19.7 Å². The summed E-state index contributed by atoms with van der Waals surface area (Å²) < 4.78 is 5.16. The van der Waals surface area contributed by atoms with E-state index >= 15 is 0 Å². The Morgan fingerprint density at radius 1 is 1.04 bits per heavy atom. The predicted molar refractivity (Wildman–Crippen MR) is 104 cm³/mol. The SMILES string of the molecule is COc1cccc(C(=O)N2CCN(c3ccc(C(C)=O)cc3[N+](=O)[O-])CC2)c1. The lowest BCUT2D eigenvalue weighted by Crippen LogP contribution is -2.49. The van der Waals surface area contributed by atoms with Crippen molar-refractivity contribution < 1.29 is 19.2 Å². The molecule has 8 heteroatoms. The first-order chi connectivity index (χ1) is 13.4. The van der Waals surface area contributed by atoms with Gasteiger partial charge in [-0.25, -0.2) is 0 Å². The molecule has 3 rings (SSSR count). The summed E-state index contributed by atoms with van der Waals surface area (Å²) in [5, 5.41) is 11.4. The highest BCUT2D eigenvalue weighted by atomic mass is 16.6. The van der Waals surface area contributed by atoms with Crippen LogP contribution in [0.5, 0.6) is 5.75 Å². The second-order valence-electron chi connectivity index (χ2n) is 6.53. The summed E-state index contributed by atoms with van der Waals surface area (Å²) in [5.74, 6) is 0.300. The first kappa shape index (κ1) is 19.3. The topological polar surface area (TPSA) is 93.0 Å². The van der Waals surface area contributed by atoms with Gasteiger partial charge in [-0.05, 0) is 37.3 Å². The number of amides is 1. The van der Waals surface area contributed by atoms with Crippen molar-refractivity contribution in [2.75, 3.05) is 38.2 Å². The molecular formula is C20H21N3O5. The lowest BCUT2D eigenvalue weighted by molar-refractivity contribution is -0.384. The molecule has 1 heterocycles. The summed E-state index contributed by atoms with van der Waals surface area (Å²) in [6.07, 6.45) is 0. The number of methoxy groups -OCH3 is 1. The van der Waals surface area contributed by atoms with E-state index in [4.69, 9.17) is 4.74 Å². The third-order valence-electron chi connectivity index (χ3n) is 4.80. The molecule has 0 atom stereocenters. The quantitative estimate of drug-likeness (QED) is 0.448. The van der Waals surface area contributed by atoms with Crippen LogP contribution in [0.4, 0.5) is 11.4 Å². The minimum absolute atomic E-state index is 0.0970. The normalized spacial score (nSPS) is 13.9. The van der Waals surface area contributed by atoms with Crippen LogP contribution < -0.4 is 9.64 Å². The maximum atomic E-state index is 12.7. The Balaban J connectivity index is 1.74. The van der Waals surface area contributed by atoms with E-state index in [1.807, 2.05) is 4.90 Å². The molecular weight excluding hydrogens is 362 g/mol. The molecule has 0 bridgehead atoms. The fraction of sp³-hybridized carbons (Fsp3) is 0.300. The number of ketones is 1. The van der Waals surface area contributed by atoms with Crippen LogP contribution in [-0.4, -0.2) is 54.8 Å². The fourth-order valence-electron chi connectivity index (χ4n) is 3.25. The van der Waals surface area contributed by atoms with Gasteiger partial charge >= 0.3 is 0 Å². The lowest BCUT2D eigenvalue weighted by Gasteiger charge is -2.36. The molecule has 0 unspecified atom stereocenters. The molecule has 1 aliphatic rings. The zero-order chi connectivity index (χ0) is 20.3. The van der Waals surface area contributed by atoms with Crippen molar-refractivity contribution >= 4 is 23.1 Å². The van der Waals surface area contributed by atoms with Crippen molar-refractivity contribution in [2.45, 2.75) is 6.92 Å². The van der Waals surface area contributed by atoms with Crippen molar-refractivity contribution in [3.63, 3.8) is 0 Å². The summed E-state index contributed by atoms with van der Waals surface area (Å²) >= 11 is 0. The molecule has 28 heavy (non-hydrogen) atoms. The molecule has 146 valence electrons. The number of nitro groups is 1. The molecule has 1 fully saturated rings. The predicted octanol–water partition coefficient (Wildman–Crippen LogP) is 2.77. The van der Waals surface area contributed by atoms with Crippen LogP contribution in [0.2, 0.25) is 0 Å². The molecule has 2 aromatic carbocycles. The summed E-state index contributed by atoms with van der Waals surface area (Å²) in [4.78, 5) is 38.8. The van der Waals surface area contributed by atoms with Crippen LogP contribution in [-0.2, 0) is 0 Å². The van der Waals surface area contributed by atoms with E-state index in [0.29, 0.717) is 48.7 Å². The van der Waals surface area contributed by atoms with Crippen LogP contribution in [0.25, 0.3) is 0 Å². The highest BCUT2D eigenvalue weighted by molar-refractivity contribution is 5.96. The highest BCUT2D eigenvalue weighted by Gasteiger charge is 2.27. The van der Waals surface area contributed by atoms with Gasteiger partial charge in [0, 0.05) is 43.4 Å². The summed E-state index contributed by atoms with van der Waals surface area (Å²) in [6, 6.07) is 11.5. The van der Waals surface area contributed by atoms with Gasteiger partial charge in [0.15, 0.2) is 5.78 Å². The van der Waals surface area contributed by atoms with Crippen LogP contribution in [0.3, 0.4) is 0 Å². The number of hydrogen-bond donors (Lipinski definition) is 0. The van der Waals surface area contributed by atoms with E-state index in [1.165, 1.54) is 13.0 Å². The number of hydrogen-bond acceptors (Lipinski definition) is 6. The van der Waals surface area contributed by atoms with Gasteiger partial charge in [-0.1, -0.05) is 6.07 Å². The van der Waals surface area contributed by atoms with Gasteiger partial charge in [0.2, 0.25) is 0 Å². The second-order valence-corrected chi connectivity index (χ2v) is 6.53. The minimum atomic E-state index is -0.477. The maximum Gasteiger partial charge on any atom is 0.293 e. The molecule has 0 spiro atoms. The van der Waals surface area contributed by atoms with Gasteiger partial charge in [0.05, 0.1) is 12.0 Å². The average Bonchev–Trinajstić information content (AvgIpc) is 2.72. The van der Waals surface area contributed by atoms with Gasteiger partial charge in [-0.15, -0.1) is 0 Å². The number of nitrogens with zero attached hydrogens (tertiary/aromatic N) is 3. The van der Waals surface area contributed by atoms with E-state index in [-0.39, 0.29) is 17.4 Å². The van der Waals surface area contributed by atoms with Crippen molar-refractivity contribution in [3.05, 3.63) is 63.7 Å². The molecule has 8 nitrogen and oxygen atoms in total. The van der Waals surface area contributed by atoms with Gasteiger partial charge in [-0.2, -0.15) is 0 Å². The van der Waals surface area contributed by atoms with Gasteiger partial charge in [0.1, 0.15) is 11.4 Å². The minimum Gasteiger partial charge on any atom is -0.497 e. The first-order valence-electron chi connectivity index (χ1n) is 8.88. The zero-order valence-electron chi connectivity index (χ0n) is 15.8.